The highest BCUT2D eigenvalue weighted by Crippen LogP contribution is 2.50. The molecule has 1 heterocycles. The van der Waals surface area contributed by atoms with Crippen molar-refractivity contribution < 1.29 is 32.0 Å². The highest BCUT2D eigenvalue weighted by molar-refractivity contribution is 6.35. The van der Waals surface area contributed by atoms with Crippen molar-refractivity contribution in [3.63, 3.8) is 0 Å². The van der Waals surface area contributed by atoms with Gasteiger partial charge in [0.1, 0.15) is 6.61 Å². The number of hydrogen-bond acceptors (Lipinski definition) is 5. The molecule has 1 fully saturated rings. The Morgan fingerprint density at radius 3 is 2.48 bits per heavy atom. The molecule has 42 heavy (non-hydrogen) atoms. The van der Waals surface area contributed by atoms with E-state index in [0.717, 1.165) is 25.0 Å². The number of nitrogens with zero attached hydrogens (tertiary/aromatic N) is 2. The maximum atomic E-state index is 14.5. The molecule has 0 spiro atoms. The van der Waals surface area contributed by atoms with Crippen LogP contribution in [0, 0.1) is 11.7 Å². The van der Waals surface area contributed by atoms with Crippen molar-refractivity contribution in [2.24, 2.45) is 16.2 Å². The van der Waals surface area contributed by atoms with Crippen LogP contribution in [0.5, 0.6) is 0 Å². The predicted molar refractivity (Wildman–Crippen MR) is 154 cm³/mol. The van der Waals surface area contributed by atoms with E-state index in [1.54, 1.807) is 24.3 Å². The SMILES string of the molecule is O=C(NC/C=N\OCC1CCCCC1)c1ccc(C2=NOC(c3cc(Cl)c(F)c(Cl)c3)(C(F)(F)F)C2)c2ccccc12. The number of halogens is 6. The first-order chi connectivity index (χ1) is 20.1. The highest BCUT2D eigenvalue weighted by atomic mass is 35.5. The van der Waals surface area contributed by atoms with Gasteiger partial charge in [-0.1, -0.05) is 83.1 Å². The summed E-state index contributed by atoms with van der Waals surface area (Å²) in [7, 11) is 0. The van der Waals surface area contributed by atoms with Crippen molar-refractivity contribution in [2.45, 2.75) is 50.3 Å². The maximum Gasteiger partial charge on any atom is 0.435 e. The summed E-state index contributed by atoms with van der Waals surface area (Å²) in [6, 6.07) is 11.5. The lowest BCUT2D eigenvalue weighted by Crippen LogP contribution is -2.42. The average Bonchev–Trinajstić information content (AvgIpc) is 3.44. The molecule has 3 aromatic rings. The van der Waals surface area contributed by atoms with E-state index < -0.39 is 39.6 Å². The Labute approximate surface area is 249 Å². The number of fused-ring (bicyclic) bond motifs is 1. The second-order valence-corrected chi connectivity index (χ2v) is 11.2. The van der Waals surface area contributed by atoms with Crippen LogP contribution in [-0.4, -0.2) is 37.2 Å². The van der Waals surface area contributed by atoms with Gasteiger partial charge in [0.05, 0.1) is 28.5 Å². The van der Waals surface area contributed by atoms with E-state index in [4.69, 9.17) is 32.9 Å². The Morgan fingerprint density at radius 2 is 1.79 bits per heavy atom. The molecule has 3 aromatic carbocycles. The first-order valence-corrected chi connectivity index (χ1v) is 14.3. The quantitative estimate of drug-likeness (QED) is 0.119. The van der Waals surface area contributed by atoms with Crippen LogP contribution in [0.4, 0.5) is 17.6 Å². The molecule has 1 amide bonds. The van der Waals surface area contributed by atoms with Gasteiger partial charge >= 0.3 is 6.18 Å². The standard InChI is InChI=1S/C30H27Cl2F4N3O3/c31-24-14-19(15-25(32)27(24)33)29(30(34,35)36)16-26(39-42-29)22-10-11-23(21-9-5-4-8-20(21)22)28(40)37-12-13-38-41-17-18-6-2-1-3-7-18/h4-5,8-11,13-15,18H,1-3,6-7,12,16-17H2,(H,37,40)/b38-13-. The molecule has 12 heteroatoms. The van der Waals surface area contributed by atoms with Crippen LogP contribution >= 0.6 is 23.2 Å². The molecule has 5 rings (SSSR count). The van der Waals surface area contributed by atoms with E-state index in [0.29, 0.717) is 34.4 Å². The van der Waals surface area contributed by atoms with E-state index in [2.05, 4.69) is 15.6 Å². The monoisotopic (exact) mass is 623 g/mol. The van der Waals surface area contributed by atoms with Gasteiger partial charge in [-0.15, -0.1) is 0 Å². The van der Waals surface area contributed by atoms with Crippen molar-refractivity contribution in [1.29, 1.82) is 0 Å². The van der Waals surface area contributed by atoms with Crippen molar-refractivity contribution in [3.8, 4) is 0 Å². The second-order valence-electron chi connectivity index (χ2n) is 10.4. The zero-order chi connectivity index (χ0) is 29.9. The van der Waals surface area contributed by atoms with E-state index in [1.165, 1.54) is 37.6 Å². The number of oxime groups is 2. The van der Waals surface area contributed by atoms with Crippen molar-refractivity contribution in [1.82, 2.24) is 5.32 Å². The molecule has 0 radical (unpaired) electrons. The van der Waals surface area contributed by atoms with Crippen LogP contribution in [0.15, 0.2) is 58.8 Å². The molecule has 1 saturated carbocycles. The Morgan fingerprint density at radius 1 is 1.10 bits per heavy atom. The molecule has 222 valence electrons. The number of amides is 1. The smallest absolute Gasteiger partial charge is 0.396 e. The van der Waals surface area contributed by atoms with Crippen LogP contribution in [0.1, 0.15) is 60.0 Å². The van der Waals surface area contributed by atoms with Gasteiger partial charge in [0.15, 0.2) is 5.82 Å². The number of rotatable bonds is 8. The summed E-state index contributed by atoms with van der Waals surface area (Å²) < 4.78 is 57.4. The molecule has 0 aromatic heterocycles. The minimum Gasteiger partial charge on any atom is -0.396 e. The summed E-state index contributed by atoms with van der Waals surface area (Å²) in [5.74, 6) is -0.907. The van der Waals surface area contributed by atoms with E-state index in [1.807, 2.05) is 0 Å². The largest absolute Gasteiger partial charge is 0.435 e. The Balaban J connectivity index is 1.33. The summed E-state index contributed by atoms with van der Waals surface area (Å²) in [4.78, 5) is 23.5. The normalized spacial score (nSPS) is 19.6. The molecule has 6 nitrogen and oxygen atoms in total. The summed E-state index contributed by atoms with van der Waals surface area (Å²) >= 11 is 11.6. The zero-order valence-corrected chi connectivity index (χ0v) is 23.8. The Bertz CT molecular complexity index is 1520. The topological polar surface area (TPSA) is 72.3 Å². The first-order valence-electron chi connectivity index (χ1n) is 13.5. The molecule has 1 aliphatic carbocycles. The summed E-state index contributed by atoms with van der Waals surface area (Å²) in [6.45, 7) is 0.692. The van der Waals surface area contributed by atoms with Crippen LogP contribution in [-0.2, 0) is 15.3 Å². The van der Waals surface area contributed by atoms with Crippen LogP contribution in [0.2, 0.25) is 10.0 Å². The van der Waals surface area contributed by atoms with Gasteiger partial charge in [0.25, 0.3) is 11.5 Å². The fraction of sp³-hybridized carbons (Fsp3) is 0.367. The highest BCUT2D eigenvalue weighted by Gasteiger charge is 2.62. The van der Waals surface area contributed by atoms with Crippen molar-refractivity contribution >= 4 is 51.8 Å². The lowest BCUT2D eigenvalue weighted by atomic mass is 9.85. The number of carbonyl (C=O) groups is 1. The van der Waals surface area contributed by atoms with E-state index >= 15 is 0 Å². The maximum absolute atomic E-state index is 14.5. The first kappa shape index (κ1) is 30.1. The molecular formula is C30H27Cl2F4N3O3. The summed E-state index contributed by atoms with van der Waals surface area (Å²) in [6.07, 6.45) is 1.77. The van der Waals surface area contributed by atoms with E-state index in [-0.39, 0.29) is 18.2 Å². The molecule has 1 N–H and O–H groups in total. The molecular weight excluding hydrogens is 597 g/mol. The average molecular weight is 624 g/mol. The number of alkyl halides is 3. The predicted octanol–water partition coefficient (Wildman–Crippen LogP) is 8.18. The molecule has 1 atom stereocenters. The fourth-order valence-corrected chi connectivity index (χ4v) is 5.90. The van der Waals surface area contributed by atoms with Crippen LogP contribution in [0.3, 0.4) is 0 Å². The lowest BCUT2D eigenvalue weighted by molar-refractivity contribution is -0.275. The zero-order valence-electron chi connectivity index (χ0n) is 22.3. The number of hydrogen-bond donors (Lipinski definition) is 1. The fourth-order valence-electron chi connectivity index (χ4n) is 5.41. The molecule has 0 saturated heterocycles. The number of carbonyl (C=O) groups excluding carboxylic acids is 1. The van der Waals surface area contributed by atoms with Gasteiger partial charge < -0.3 is 15.0 Å². The van der Waals surface area contributed by atoms with Crippen molar-refractivity contribution in [2.75, 3.05) is 13.2 Å². The van der Waals surface area contributed by atoms with Crippen molar-refractivity contribution in [3.05, 3.63) is 81.1 Å². The lowest BCUT2D eigenvalue weighted by Gasteiger charge is -2.29. The number of benzene rings is 3. The Hall–Kier alpha value is -3.37. The van der Waals surface area contributed by atoms with Gasteiger partial charge in [-0.2, -0.15) is 13.2 Å². The van der Waals surface area contributed by atoms with E-state index in [9.17, 15) is 22.4 Å². The molecule has 2 aliphatic rings. The third kappa shape index (κ3) is 6.06. The third-order valence-electron chi connectivity index (χ3n) is 7.65. The molecule has 1 unspecified atom stereocenters. The van der Waals surface area contributed by atoms with Gasteiger partial charge in [-0.25, -0.2) is 4.39 Å². The minimum absolute atomic E-state index is 0.00528. The molecule has 0 bridgehead atoms. The number of nitrogens with one attached hydrogen (secondary N) is 1. The molecule has 1 aliphatic heterocycles. The second kappa shape index (κ2) is 12.5. The minimum atomic E-state index is -4.94. The Kier molecular flexibility index (Phi) is 8.94. The third-order valence-corrected chi connectivity index (χ3v) is 8.20. The van der Waals surface area contributed by atoms with Crippen LogP contribution in [0.25, 0.3) is 10.8 Å². The van der Waals surface area contributed by atoms with Gasteiger partial charge in [-0.3, -0.25) is 4.79 Å². The van der Waals surface area contributed by atoms with Crippen LogP contribution < -0.4 is 5.32 Å². The summed E-state index contributed by atoms with van der Waals surface area (Å²) in [5, 5.41) is 10.4. The summed E-state index contributed by atoms with van der Waals surface area (Å²) in [5.41, 5.74) is -2.74. The van der Waals surface area contributed by atoms with Gasteiger partial charge in [0.2, 0.25) is 0 Å². The van der Waals surface area contributed by atoms with Gasteiger partial charge in [-0.05, 0) is 47.7 Å². The van der Waals surface area contributed by atoms with Gasteiger partial charge in [0, 0.05) is 23.1 Å².